The Morgan fingerprint density at radius 1 is 1.35 bits per heavy atom. The molecule has 0 aliphatic carbocycles. The minimum atomic E-state index is 0.948. The summed E-state index contributed by atoms with van der Waals surface area (Å²) in [6.07, 6.45) is 3.25. The van der Waals surface area contributed by atoms with Gasteiger partial charge in [0, 0.05) is 18.6 Å². The van der Waals surface area contributed by atoms with Gasteiger partial charge in [-0.2, -0.15) is 0 Å². The monoisotopic (exact) mass is 232 g/mol. The third-order valence-electron chi connectivity index (χ3n) is 3.24. The van der Waals surface area contributed by atoms with Crippen molar-refractivity contribution in [3.63, 3.8) is 0 Å². The van der Waals surface area contributed by atoms with Crippen LogP contribution in [0, 0.1) is 6.92 Å². The number of methoxy groups -OCH3 is 1. The molecule has 2 aromatic rings. The second kappa shape index (κ2) is 4.80. The zero-order valence-corrected chi connectivity index (χ0v) is 11.0. The van der Waals surface area contributed by atoms with E-state index in [1.165, 1.54) is 22.0 Å². The Labute approximate surface area is 102 Å². The molecular formula is C14H20N2O. The molecule has 0 radical (unpaired) electrons. The molecule has 0 unspecified atom stereocenters. The number of likely N-dealkylation sites (N-methyl/N-ethyl adjacent to an activating group) is 1. The van der Waals surface area contributed by atoms with E-state index in [1.807, 2.05) is 13.1 Å². The number of nitrogens with one attached hydrogen (secondary N) is 1. The van der Waals surface area contributed by atoms with Gasteiger partial charge >= 0.3 is 0 Å². The van der Waals surface area contributed by atoms with Crippen LogP contribution in [0.2, 0.25) is 0 Å². The van der Waals surface area contributed by atoms with Crippen molar-refractivity contribution < 1.29 is 4.74 Å². The Morgan fingerprint density at radius 2 is 2.12 bits per heavy atom. The van der Waals surface area contributed by atoms with Gasteiger partial charge in [0.15, 0.2) is 0 Å². The predicted octanol–water partition coefficient (Wildman–Crippen LogP) is 2.26. The minimum Gasteiger partial charge on any atom is -0.495 e. The van der Waals surface area contributed by atoms with Crippen LogP contribution < -0.4 is 10.1 Å². The third kappa shape index (κ3) is 2.03. The van der Waals surface area contributed by atoms with Gasteiger partial charge in [0.1, 0.15) is 5.75 Å². The number of ether oxygens (including phenoxy) is 1. The summed E-state index contributed by atoms with van der Waals surface area (Å²) < 4.78 is 7.60. The Morgan fingerprint density at radius 3 is 2.76 bits per heavy atom. The van der Waals surface area contributed by atoms with E-state index < -0.39 is 0 Å². The number of benzene rings is 1. The number of aryl methyl sites for hydroxylation is 2. The van der Waals surface area contributed by atoms with Crippen LogP contribution in [0.5, 0.6) is 5.75 Å². The van der Waals surface area contributed by atoms with Gasteiger partial charge in [-0.3, -0.25) is 0 Å². The highest BCUT2D eigenvalue weighted by Gasteiger charge is 2.12. The van der Waals surface area contributed by atoms with E-state index in [0.717, 1.165) is 18.7 Å². The number of nitrogens with zero attached hydrogens (tertiary/aromatic N) is 1. The largest absolute Gasteiger partial charge is 0.495 e. The molecule has 3 heteroatoms. The fourth-order valence-corrected chi connectivity index (χ4v) is 2.41. The molecule has 0 atom stereocenters. The smallest absolute Gasteiger partial charge is 0.143 e. The van der Waals surface area contributed by atoms with Crippen molar-refractivity contribution in [1.29, 1.82) is 0 Å². The summed E-state index contributed by atoms with van der Waals surface area (Å²) in [6.45, 7) is 3.15. The van der Waals surface area contributed by atoms with Crippen LogP contribution in [0.25, 0.3) is 10.9 Å². The van der Waals surface area contributed by atoms with Crippen LogP contribution in [-0.2, 0) is 13.5 Å². The highest BCUT2D eigenvalue weighted by atomic mass is 16.5. The lowest BCUT2D eigenvalue weighted by molar-refractivity contribution is 0.418. The van der Waals surface area contributed by atoms with Crippen LogP contribution >= 0.6 is 0 Å². The summed E-state index contributed by atoms with van der Waals surface area (Å²) in [5, 5.41) is 4.53. The molecule has 0 amide bonds. The Balaban J connectivity index is 2.63. The zero-order valence-electron chi connectivity index (χ0n) is 11.0. The standard InChI is InChI=1S/C14H20N2O/c1-10-5-6-12(17-4)14-13(10)11(7-8-15-2)9-16(14)3/h5-6,9,15H,7-8H2,1-4H3. The first kappa shape index (κ1) is 12.0. The molecule has 0 bridgehead atoms. The zero-order chi connectivity index (χ0) is 12.4. The quantitative estimate of drug-likeness (QED) is 0.875. The van der Waals surface area contributed by atoms with Crippen molar-refractivity contribution in [3.8, 4) is 5.75 Å². The van der Waals surface area contributed by atoms with Gasteiger partial charge in [0.25, 0.3) is 0 Å². The van der Waals surface area contributed by atoms with E-state index in [2.05, 4.69) is 36.1 Å². The first-order valence-corrected chi connectivity index (χ1v) is 5.95. The van der Waals surface area contributed by atoms with Gasteiger partial charge in [0.05, 0.1) is 12.6 Å². The number of fused-ring (bicyclic) bond motifs is 1. The lowest BCUT2D eigenvalue weighted by Gasteiger charge is -2.07. The highest BCUT2D eigenvalue weighted by Crippen LogP contribution is 2.32. The number of hydrogen-bond acceptors (Lipinski definition) is 2. The summed E-state index contributed by atoms with van der Waals surface area (Å²) in [4.78, 5) is 0. The average molecular weight is 232 g/mol. The van der Waals surface area contributed by atoms with Crippen LogP contribution in [0.15, 0.2) is 18.3 Å². The molecule has 17 heavy (non-hydrogen) atoms. The molecular weight excluding hydrogens is 212 g/mol. The van der Waals surface area contributed by atoms with Crippen molar-refractivity contribution >= 4 is 10.9 Å². The molecule has 92 valence electrons. The Hall–Kier alpha value is -1.48. The average Bonchev–Trinajstić information content (AvgIpc) is 2.66. The molecule has 0 saturated carbocycles. The summed E-state index contributed by atoms with van der Waals surface area (Å²) >= 11 is 0. The maximum absolute atomic E-state index is 5.44. The molecule has 0 aliphatic rings. The predicted molar refractivity (Wildman–Crippen MR) is 71.8 cm³/mol. The fourth-order valence-electron chi connectivity index (χ4n) is 2.41. The minimum absolute atomic E-state index is 0.948. The second-order valence-electron chi connectivity index (χ2n) is 4.43. The first-order chi connectivity index (χ1) is 8.19. The summed E-state index contributed by atoms with van der Waals surface area (Å²) in [5.74, 6) is 0.948. The van der Waals surface area contributed by atoms with E-state index in [1.54, 1.807) is 7.11 Å². The normalized spacial score (nSPS) is 11.1. The van der Waals surface area contributed by atoms with E-state index in [0.29, 0.717) is 0 Å². The van der Waals surface area contributed by atoms with E-state index in [4.69, 9.17) is 4.74 Å². The fraction of sp³-hybridized carbons (Fsp3) is 0.429. The third-order valence-corrected chi connectivity index (χ3v) is 3.24. The number of rotatable bonds is 4. The summed E-state index contributed by atoms with van der Waals surface area (Å²) in [7, 11) is 5.79. The van der Waals surface area contributed by atoms with Gasteiger partial charge in [-0.25, -0.2) is 0 Å². The Kier molecular flexibility index (Phi) is 3.38. The molecule has 1 aromatic heterocycles. The molecule has 1 heterocycles. The van der Waals surface area contributed by atoms with Gasteiger partial charge in [-0.15, -0.1) is 0 Å². The molecule has 0 aliphatic heterocycles. The maximum Gasteiger partial charge on any atom is 0.143 e. The Bertz CT molecular complexity index is 528. The van der Waals surface area contributed by atoms with Crippen LogP contribution in [-0.4, -0.2) is 25.3 Å². The molecule has 0 spiro atoms. The molecule has 3 nitrogen and oxygen atoms in total. The van der Waals surface area contributed by atoms with Crippen molar-refractivity contribution in [2.45, 2.75) is 13.3 Å². The topological polar surface area (TPSA) is 26.2 Å². The molecule has 1 aromatic carbocycles. The lowest BCUT2D eigenvalue weighted by atomic mass is 10.0. The van der Waals surface area contributed by atoms with Gasteiger partial charge < -0.3 is 14.6 Å². The van der Waals surface area contributed by atoms with E-state index in [9.17, 15) is 0 Å². The van der Waals surface area contributed by atoms with E-state index in [-0.39, 0.29) is 0 Å². The number of hydrogen-bond donors (Lipinski definition) is 1. The SMILES string of the molecule is CNCCc1cn(C)c2c(OC)ccc(C)c12. The van der Waals surface area contributed by atoms with Gasteiger partial charge in [-0.1, -0.05) is 6.07 Å². The van der Waals surface area contributed by atoms with Crippen molar-refractivity contribution in [2.75, 3.05) is 20.7 Å². The highest BCUT2D eigenvalue weighted by molar-refractivity contribution is 5.92. The number of aromatic nitrogens is 1. The van der Waals surface area contributed by atoms with Crippen molar-refractivity contribution in [2.24, 2.45) is 7.05 Å². The second-order valence-corrected chi connectivity index (χ2v) is 4.43. The molecule has 0 fully saturated rings. The van der Waals surface area contributed by atoms with Crippen LogP contribution in [0.3, 0.4) is 0 Å². The maximum atomic E-state index is 5.44. The van der Waals surface area contributed by atoms with Crippen LogP contribution in [0.4, 0.5) is 0 Å². The van der Waals surface area contributed by atoms with Gasteiger partial charge in [-0.05, 0) is 44.1 Å². The molecule has 2 rings (SSSR count). The van der Waals surface area contributed by atoms with Crippen molar-refractivity contribution in [3.05, 3.63) is 29.5 Å². The molecule has 1 N–H and O–H groups in total. The molecule has 0 saturated heterocycles. The van der Waals surface area contributed by atoms with Gasteiger partial charge in [0.2, 0.25) is 0 Å². The summed E-state index contributed by atoms with van der Waals surface area (Å²) in [6, 6.07) is 4.17. The van der Waals surface area contributed by atoms with Crippen LogP contribution in [0.1, 0.15) is 11.1 Å². The summed E-state index contributed by atoms with van der Waals surface area (Å²) in [5.41, 5.74) is 3.89. The first-order valence-electron chi connectivity index (χ1n) is 5.95. The van der Waals surface area contributed by atoms with E-state index >= 15 is 0 Å². The lowest BCUT2D eigenvalue weighted by Crippen LogP contribution is -2.10. The van der Waals surface area contributed by atoms with Crippen molar-refractivity contribution in [1.82, 2.24) is 9.88 Å².